The van der Waals surface area contributed by atoms with E-state index in [4.69, 9.17) is 11.6 Å². The number of nitrogens with one attached hydrogen (secondary N) is 1. The zero-order valence-corrected chi connectivity index (χ0v) is 10.9. The number of aromatic nitrogens is 2. The van der Waals surface area contributed by atoms with E-state index in [9.17, 15) is 0 Å². The monoisotopic (exact) mass is 242 g/mol. The first-order chi connectivity index (χ1) is 7.69. The van der Waals surface area contributed by atoms with Crippen LogP contribution >= 0.6 is 11.6 Å². The summed E-state index contributed by atoms with van der Waals surface area (Å²) in [7, 11) is 0. The normalized spacial score (nSPS) is 10.8. The smallest absolute Gasteiger partial charge is 0.137 e. The largest absolute Gasteiger partial charge is 0.368 e. The summed E-state index contributed by atoms with van der Waals surface area (Å²) in [4.78, 5) is 10.4. The van der Waals surface area contributed by atoms with Gasteiger partial charge in [0, 0.05) is 18.7 Å². The van der Waals surface area contributed by atoms with Crippen LogP contribution in [0.1, 0.15) is 19.4 Å². The van der Waals surface area contributed by atoms with Crippen molar-refractivity contribution >= 4 is 17.4 Å². The predicted molar refractivity (Wildman–Crippen MR) is 68.1 cm³/mol. The number of rotatable bonds is 6. The zero-order chi connectivity index (χ0) is 12.0. The van der Waals surface area contributed by atoms with Gasteiger partial charge in [0.05, 0.1) is 0 Å². The van der Waals surface area contributed by atoms with E-state index in [0.29, 0.717) is 5.15 Å². The maximum Gasteiger partial charge on any atom is 0.137 e. The second-order valence-corrected chi connectivity index (χ2v) is 3.95. The Morgan fingerprint density at radius 3 is 2.62 bits per heavy atom. The highest BCUT2D eigenvalue weighted by Crippen LogP contribution is 2.17. The van der Waals surface area contributed by atoms with Gasteiger partial charge in [0.2, 0.25) is 0 Å². The average molecular weight is 243 g/mol. The number of likely N-dealkylation sites (N-methyl/N-ethyl adjacent to an activating group) is 1. The molecule has 0 unspecified atom stereocenters. The molecule has 0 bridgehead atoms. The fourth-order valence-electron chi connectivity index (χ4n) is 1.48. The Balaban J connectivity index is 2.46. The number of hydrogen-bond acceptors (Lipinski definition) is 4. The van der Waals surface area contributed by atoms with E-state index in [1.165, 1.54) is 6.33 Å². The minimum Gasteiger partial charge on any atom is -0.368 e. The molecule has 1 aromatic rings. The molecule has 90 valence electrons. The minimum atomic E-state index is 0.514. The molecule has 1 rings (SSSR count). The van der Waals surface area contributed by atoms with Crippen molar-refractivity contribution in [3.8, 4) is 0 Å². The molecule has 1 heterocycles. The van der Waals surface area contributed by atoms with Crippen molar-refractivity contribution in [3.63, 3.8) is 0 Å². The Kier molecular flexibility index (Phi) is 5.49. The van der Waals surface area contributed by atoms with Crippen molar-refractivity contribution in [2.24, 2.45) is 0 Å². The average Bonchev–Trinajstić information content (AvgIpc) is 2.30. The van der Waals surface area contributed by atoms with Crippen LogP contribution in [0.5, 0.6) is 0 Å². The Morgan fingerprint density at radius 1 is 1.31 bits per heavy atom. The van der Waals surface area contributed by atoms with Gasteiger partial charge in [0.25, 0.3) is 0 Å². The Labute approximate surface area is 102 Å². The molecular formula is C11H19ClN4. The maximum absolute atomic E-state index is 5.91. The first-order valence-corrected chi connectivity index (χ1v) is 6.00. The van der Waals surface area contributed by atoms with E-state index >= 15 is 0 Å². The molecule has 0 radical (unpaired) electrons. The molecule has 0 amide bonds. The molecule has 0 fully saturated rings. The summed E-state index contributed by atoms with van der Waals surface area (Å²) in [6, 6.07) is 0. The first-order valence-electron chi connectivity index (χ1n) is 5.62. The van der Waals surface area contributed by atoms with Crippen LogP contribution < -0.4 is 5.32 Å². The number of anilines is 1. The Hall–Kier alpha value is -0.870. The van der Waals surface area contributed by atoms with Gasteiger partial charge in [-0.2, -0.15) is 0 Å². The maximum atomic E-state index is 5.91. The van der Waals surface area contributed by atoms with Crippen molar-refractivity contribution in [2.75, 3.05) is 31.5 Å². The van der Waals surface area contributed by atoms with Gasteiger partial charge >= 0.3 is 0 Å². The molecule has 16 heavy (non-hydrogen) atoms. The molecule has 0 aliphatic rings. The molecule has 0 aliphatic carbocycles. The number of nitrogens with zero attached hydrogens (tertiary/aromatic N) is 3. The fraction of sp³-hybridized carbons (Fsp3) is 0.636. The van der Waals surface area contributed by atoms with Crippen molar-refractivity contribution in [1.82, 2.24) is 14.9 Å². The molecule has 0 aliphatic heterocycles. The second kappa shape index (κ2) is 6.66. The molecule has 0 spiro atoms. The lowest BCUT2D eigenvalue weighted by atomic mass is 10.3. The minimum absolute atomic E-state index is 0.514. The summed E-state index contributed by atoms with van der Waals surface area (Å²) >= 11 is 5.91. The highest BCUT2D eigenvalue weighted by Gasteiger charge is 2.04. The van der Waals surface area contributed by atoms with E-state index in [0.717, 1.165) is 37.6 Å². The van der Waals surface area contributed by atoms with Crippen molar-refractivity contribution < 1.29 is 0 Å². The molecule has 4 nitrogen and oxygen atoms in total. The van der Waals surface area contributed by atoms with Gasteiger partial charge in [0.15, 0.2) is 0 Å². The van der Waals surface area contributed by atoms with E-state index in [1.54, 1.807) is 0 Å². The van der Waals surface area contributed by atoms with Gasteiger partial charge in [-0.1, -0.05) is 25.4 Å². The van der Waals surface area contributed by atoms with Gasteiger partial charge in [-0.3, -0.25) is 0 Å². The van der Waals surface area contributed by atoms with Crippen LogP contribution in [-0.4, -0.2) is 41.0 Å². The topological polar surface area (TPSA) is 41.0 Å². The van der Waals surface area contributed by atoms with Crippen LogP contribution in [0.2, 0.25) is 5.15 Å². The highest BCUT2D eigenvalue weighted by atomic mass is 35.5. The molecule has 5 heteroatoms. The summed E-state index contributed by atoms with van der Waals surface area (Å²) in [6.07, 6.45) is 1.48. The summed E-state index contributed by atoms with van der Waals surface area (Å²) < 4.78 is 0. The van der Waals surface area contributed by atoms with Gasteiger partial charge in [-0.15, -0.1) is 0 Å². The summed E-state index contributed by atoms with van der Waals surface area (Å²) in [5.41, 5.74) is 0.906. The fourth-order valence-corrected chi connectivity index (χ4v) is 1.61. The second-order valence-electron chi connectivity index (χ2n) is 3.59. The van der Waals surface area contributed by atoms with Crippen LogP contribution in [-0.2, 0) is 0 Å². The molecule has 0 saturated carbocycles. The molecule has 0 saturated heterocycles. The van der Waals surface area contributed by atoms with Crippen LogP contribution in [0.4, 0.5) is 5.82 Å². The third-order valence-electron chi connectivity index (χ3n) is 2.64. The molecular weight excluding hydrogens is 224 g/mol. The molecule has 1 N–H and O–H groups in total. The third kappa shape index (κ3) is 3.61. The SMILES string of the molecule is CCN(CC)CCNc1ncnc(Cl)c1C. The van der Waals surface area contributed by atoms with Gasteiger partial charge in [0.1, 0.15) is 17.3 Å². The lowest BCUT2D eigenvalue weighted by Crippen LogP contribution is -2.28. The summed E-state index contributed by atoms with van der Waals surface area (Å²) in [5.74, 6) is 0.826. The number of hydrogen-bond donors (Lipinski definition) is 1. The van der Waals surface area contributed by atoms with E-state index in [-0.39, 0.29) is 0 Å². The lowest BCUT2D eigenvalue weighted by Gasteiger charge is -2.18. The van der Waals surface area contributed by atoms with E-state index in [1.807, 2.05) is 6.92 Å². The summed E-state index contributed by atoms with van der Waals surface area (Å²) in [6.45, 7) is 10.3. The molecule has 1 aromatic heterocycles. The van der Waals surface area contributed by atoms with E-state index < -0.39 is 0 Å². The van der Waals surface area contributed by atoms with Gasteiger partial charge in [-0.05, 0) is 20.0 Å². The van der Waals surface area contributed by atoms with Crippen molar-refractivity contribution in [1.29, 1.82) is 0 Å². The highest BCUT2D eigenvalue weighted by molar-refractivity contribution is 6.30. The van der Waals surface area contributed by atoms with Crippen LogP contribution in [0, 0.1) is 6.92 Å². The van der Waals surface area contributed by atoms with Crippen LogP contribution in [0.15, 0.2) is 6.33 Å². The third-order valence-corrected chi connectivity index (χ3v) is 3.02. The van der Waals surface area contributed by atoms with E-state index in [2.05, 4.69) is 34.0 Å². The molecule has 0 aromatic carbocycles. The molecule has 0 atom stereocenters. The van der Waals surface area contributed by atoms with Crippen LogP contribution in [0.25, 0.3) is 0 Å². The Morgan fingerprint density at radius 2 is 2.00 bits per heavy atom. The summed E-state index contributed by atoms with van der Waals surface area (Å²) in [5, 5.41) is 3.79. The van der Waals surface area contributed by atoms with Crippen LogP contribution in [0.3, 0.4) is 0 Å². The standard InChI is InChI=1S/C11H19ClN4/c1-4-16(5-2)7-6-13-11-9(3)10(12)14-8-15-11/h8H,4-7H2,1-3H3,(H,13,14,15). The quantitative estimate of drug-likeness (QED) is 0.777. The lowest BCUT2D eigenvalue weighted by molar-refractivity contribution is 0.316. The predicted octanol–water partition coefficient (Wildman–Crippen LogP) is 2.19. The van der Waals surface area contributed by atoms with Gasteiger partial charge in [-0.25, -0.2) is 9.97 Å². The van der Waals surface area contributed by atoms with Crippen molar-refractivity contribution in [2.45, 2.75) is 20.8 Å². The van der Waals surface area contributed by atoms with Crippen molar-refractivity contribution in [3.05, 3.63) is 17.0 Å². The van der Waals surface area contributed by atoms with Gasteiger partial charge < -0.3 is 10.2 Å². The first kappa shape index (κ1) is 13.2. The number of halogens is 1. The zero-order valence-electron chi connectivity index (χ0n) is 10.1. The Bertz CT molecular complexity index is 326.